The molecule has 0 bridgehead atoms. The van der Waals surface area contributed by atoms with Crippen LogP contribution in [0.3, 0.4) is 0 Å². The van der Waals surface area contributed by atoms with E-state index >= 15 is 0 Å². The fraction of sp³-hybridized carbons (Fsp3) is 0.562. The van der Waals surface area contributed by atoms with E-state index in [0.717, 1.165) is 29.8 Å². The van der Waals surface area contributed by atoms with Gasteiger partial charge < -0.3 is 5.11 Å². The lowest BCUT2D eigenvalue weighted by atomic mass is 9.77. The van der Waals surface area contributed by atoms with E-state index in [1.165, 1.54) is 24.0 Å². The van der Waals surface area contributed by atoms with Crippen LogP contribution in [0, 0.1) is 11.8 Å². The summed E-state index contributed by atoms with van der Waals surface area (Å²) in [6, 6.07) is 4.15. The van der Waals surface area contributed by atoms with Crippen molar-refractivity contribution in [1.82, 2.24) is 4.98 Å². The number of nitrogens with zero attached hydrogens (tertiary/aromatic N) is 1. The van der Waals surface area contributed by atoms with E-state index in [0.29, 0.717) is 5.92 Å². The van der Waals surface area contributed by atoms with Crippen LogP contribution in [0.4, 0.5) is 0 Å². The summed E-state index contributed by atoms with van der Waals surface area (Å²) in [5.74, 6) is 1.29. The topological polar surface area (TPSA) is 33.1 Å². The number of thiophene rings is 1. The fourth-order valence-electron chi connectivity index (χ4n) is 3.21. The zero-order valence-corrected chi connectivity index (χ0v) is 12.2. The van der Waals surface area contributed by atoms with Gasteiger partial charge in [-0.15, -0.1) is 11.3 Å². The van der Waals surface area contributed by atoms with E-state index in [-0.39, 0.29) is 6.10 Å². The molecule has 102 valence electrons. The summed E-state index contributed by atoms with van der Waals surface area (Å²) in [5, 5.41) is 12.6. The lowest BCUT2D eigenvalue weighted by Crippen LogP contribution is -2.20. The van der Waals surface area contributed by atoms with Gasteiger partial charge in [0.05, 0.1) is 16.3 Å². The molecular formula is C16H21NOS. The Hall–Kier alpha value is -0.930. The molecule has 1 fully saturated rings. The Bertz CT molecular complexity index is 542. The van der Waals surface area contributed by atoms with Gasteiger partial charge in [-0.3, -0.25) is 4.98 Å². The molecule has 2 aromatic rings. The molecular weight excluding hydrogens is 254 g/mol. The quantitative estimate of drug-likeness (QED) is 0.891. The molecule has 0 aliphatic heterocycles. The monoisotopic (exact) mass is 275 g/mol. The average molecular weight is 275 g/mol. The molecule has 1 unspecified atom stereocenters. The Morgan fingerprint density at radius 3 is 2.89 bits per heavy atom. The SMILES string of the molecule is CCC1CCC(C(O)c2cnc3ccsc3c2)CC1. The van der Waals surface area contributed by atoms with Gasteiger partial charge in [-0.05, 0) is 42.2 Å². The summed E-state index contributed by atoms with van der Waals surface area (Å²) < 4.78 is 1.18. The lowest BCUT2D eigenvalue weighted by Gasteiger charge is -2.31. The van der Waals surface area contributed by atoms with Crippen molar-refractivity contribution in [2.45, 2.75) is 45.1 Å². The van der Waals surface area contributed by atoms with Gasteiger partial charge in [0.15, 0.2) is 0 Å². The van der Waals surface area contributed by atoms with Crippen LogP contribution in [0.2, 0.25) is 0 Å². The van der Waals surface area contributed by atoms with Crippen molar-refractivity contribution in [2.75, 3.05) is 0 Å². The van der Waals surface area contributed by atoms with Crippen LogP contribution in [0.15, 0.2) is 23.7 Å². The van der Waals surface area contributed by atoms with E-state index in [4.69, 9.17) is 0 Å². The van der Waals surface area contributed by atoms with E-state index < -0.39 is 0 Å². The third-order valence-corrected chi connectivity index (χ3v) is 5.43. The van der Waals surface area contributed by atoms with Crippen LogP contribution in [0.5, 0.6) is 0 Å². The minimum Gasteiger partial charge on any atom is -0.388 e. The highest BCUT2D eigenvalue weighted by molar-refractivity contribution is 7.17. The molecule has 2 nitrogen and oxygen atoms in total. The van der Waals surface area contributed by atoms with E-state index in [1.807, 2.05) is 12.3 Å². The Kier molecular flexibility index (Phi) is 3.85. The summed E-state index contributed by atoms with van der Waals surface area (Å²) in [6.45, 7) is 2.27. The molecule has 0 aromatic carbocycles. The van der Waals surface area contributed by atoms with Crippen LogP contribution >= 0.6 is 11.3 Å². The molecule has 0 radical (unpaired) electrons. The molecule has 1 N–H and O–H groups in total. The van der Waals surface area contributed by atoms with Crippen LogP contribution < -0.4 is 0 Å². The lowest BCUT2D eigenvalue weighted by molar-refractivity contribution is 0.0728. The molecule has 3 heteroatoms. The first kappa shape index (κ1) is 13.1. The minimum atomic E-state index is -0.336. The van der Waals surface area contributed by atoms with Gasteiger partial charge in [0, 0.05) is 11.8 Å². The van der Waals surface area contributed by atoms with Crippen molar-refractivity contribution in [3.63, 3.8) is 0 Å². The van der Waals surface area contributed by atoms with Crippen LogP contribution in [0.25, 0.3) is 10.2 Å². The first-order valence-corrected chi connectivity index (χ1v) is 8.17. The zero-order chi connectivity index (χ0) is 13.2. The number of rotatable bonds is 3. The van der Waals surface area contributed by atoms with Crippen LogP contribution in [-0.4, -0.2) is 10.1 Å². The average Bonchev–Trinajstić information content (AvgIpc) is 2.94. The third-order valence-electron chi connectivity index (χ3n) is 4.58. The fourth-order valence-corrected chi connectivity index (χ4v) is 4.00. The number of hydrogen-bond donors (Lipinski definition) is 1. The highest BCUT2D eigenvalue weighted by Crippen LogP contribution is 2.38. The summed E-state index contributed by atoms with van der Waals surface area (Å²) in [5.41, 5.74) is 2.03. The maximum atomic E-state index is 10.6. The first-order chi connectivity index (χ1) is 9.28. The highest BCUT2D eigenvalue weighted by atomic mass is 32.1. The Labute approximate surface area is 118 Å². The molecule has 1 aliphatic rings. The number of aromatic nitrogens is 1. The zero-order valence-electron chi connectivity index (χ0n) is 11.4. The number of aliphatic hydroxyl groups is 1. The Balaban J connectivity index is 1.74. The molecule has 19 heavy (non-hydrogen) atoms. The van der Waals surface area contributed by atoms with Crippen LogP contribution in [0.1, 0.15) is 50.7 Å². The molecule has 1 saturated carbocycles. The summed E-state index contributed by atoms with van der Waals surface area (Å²) in [4.78, 5) is 4.44. The molecule has 1 atom stereocenters. The predicted octanol–water partition coefficient (Wildman–Crippen LogP) is 4.55. The first-order valence-electron chi connectivity index (χ1n) is 7.29. The molecule has 2 heterocycles. The summed E-state index contributed by atoms with van der Waals surface area (Å²) in [6.07, 6.45) is 7.65. The van der Waals surface area contributed by atoms with E-state index in [1.54, 1.807) is 11.3 Å². The highest BCUT2D eigenvalue weighted by Gasteiger charge is 2.27. The summed E-state index contributed by atoms with van der Waals surface area (Å²) in [7, 11) is 0. The number of pyridine rings is 1. The van der Waals surface area contributed by atoms with Crippen LogP contribution in [-0.2, 0) is 0 Å². The van der Waals surface area contributed by atoms with Crippen molar-refractivity contribution < 1.29 is 5.11 Å². The van der Waals surface area contributed by atoms with Crippen molar-refractivity contribution in [2.24, 2.45) is 11.8 Å². The van der Waals surface area contributed by atoms with Gasteiger partial charge in [-0.25, -0.2) is 0 Å². The molecule has 2 aromatic heterocycles. The van der Waals surface area contributed by atoms with Gasteiger partial charge in [0.2, 0.25) is 0 Å². The smallest absolute Gasteiger partial charge is 0.0833 e. The number of aliphatic hydroxyl groups excluding tert-OH is 1. The van der Waals surface area contributed by atoms with E-state index in [2.05, 4.69) is 23.4 Å². The molecule has 1 aliphatic carbocycles. The second-order valence-corrected chi connectivity index (χ2v) is 6.65. The minimum absolute atomic E-state index is 0.336. The van der Waals surface area contributed by atoms with Crippen molar-refractivity contribution in [1.29, 1.82) is 0 Å². The van der Waals surface area contributed by atoms with Crippen molar-refractivity contribution in [3.05, 3.63) is 29.3 Å². The third kappa shape index (κ3) is 2.67. The second kappa shape index (κ2) is 5.59. The molecule has 0 saturated heterocycles. The maximum absolute atomic E-state index is 10.6. The number of hydrogen-bond acceptors (Lipinski definition) is 3. The molecule has 0 amide bonds. The predicted molar refractivity (Wildman–Crippen MR) is 80.3 cm³/mol. The molecule has 0 spiro atoms. The normalized spacial score (nSPS) is 25.6. The standard InChI is InChI=1S/C16H21NOS/c1-2-11-3-5-12(6-4-11)16(18)13-9-15-14(17-10-13)7-8-19-15/h7-12,16,18H,2-6H2,1H3. The Morgan fingerprint density at radius 1 is 1.37 bits per heavy atom. The number of fused-ring (bicyclic) bond motifs is 1. The van der Waals surface area contributed by atoms with Gasteiger partial charge in [0.1, 0.15) is 0 Å². The van der Waals surface area contributed by atoms with Crippen molar-refractivity contribution in [3.8, 4) is 0 Å². The van der Waals surface area contributed by atoms with Crippen molar-refractivity contribution >= 4 is 21.6 Å². The van der Waals surface area contributed by atoms with Gasteiger partial charge >= 0.3 is 0 Å². The maximum Gasteiger partial charge on any atom is 0.0833 e. The summed E-state index contributed by atoms with van der Waals surface area (Å²) >= 11 is 1.70. The molecule has 3 rings (SSSR count). The Morgan fingerprint density at radius 2 is 2.16 bits per heavy atom. The second-order valence-electron chi connectivity index (χ2n) is 5.71. The van der Waals surface area contributed by atoms with Gasteiger partial charge in [0.25, 0.3) is 0 Å². The van der Waals surface area contributed by atoms with Gasteiger partial charge in [-0.2, -0.15) is 0 Å². The largest absolute Gasteiger partial charge is 0.388 e. The van der Waals surface area contributed by atoms with E-state index in [9.17, 15) is 5.11 Å². The van der Waals surface area contributed by atoms with Gasteiger partial charge in [-0.1, -0.05) is 26.2 Å².